The summed E-state index contributed by atoms with van der Waals surface area (Å²) in [6.07, 6.45) is 1.76. The number of ether oxygens (including phenoxy) is 1. The molecule has 2 aromatic rings. The Labute approximate surface area is 152 Å². The molecule has 0 aliphatic rings. The van der Waals surface area contributed by atoms with Gasteiger partial charge in [-0.2, -0.15) is 0 Å². The lowest BCUT2D eigenvalue weighted by atomic mass is 9.95. The van der Waals surface area contributed by atoms with Gasteiger partial charge in [0.25, 0.3) is 0 Å². The molecule has 0 aliphatic heterocycles. The first-order chi connectivity index (χ1) is 11.7. The highest BCUT2D eigenvalue weighted by Gasteiger charge is 2.20. The van der Waals surface area contributed by atoms with E-state index >= 15 is 0 Å². The molecular formula is C17H25N5O2S. The summed E-state index contributed by atoms with van der Waals surface area (Å²) in [6.45, 7) is 10.4. The van der Waals surface area contributed by atoms with E-state index in [-0.39, 0.29) is 17.5 Å². The molecule has 2 N–H and O–H groups in total. The molecule has 1 atom stereocenters. The van der Waals surface area contributed by atoms with Crippen molar-refractivity contribution in [1.82, 2.24) is 20.3 Å². The molecule has 8 heteroatoms. The highest BCUT2D eigenvalue weighted by atomic mass is 32.1. The normalized spacial score (nSPS) is 12.7. The summed E-state index contributed by atoms with van der Waals surface area (Å²) in [5.74, 6) is 0.776. The number of methoxy groups -OCH3 is 1. The molecule has 2 heterocycles. The van der Waals surface area contributed by atoms with E-state index in [0.717, 1.165) is 22.1 Å². The Balaban J connectivity index is 2.16. The predicted octanol–water partition coefficient (Wildman–Crippen LogP) is 3.36. The topological polar surface area (TPSA) is 89.0 Å². The van der Waals surface area contributed by atoms with Crippen molar-refractivity contribution in [3.8, 4) is 10.6 Å². The molecular weight excluding hydrogens is 338 g/mol. The van der Waals surface area contributed by atoms with Gasteiger partial charge in [0.2, 0.25) is 0 Å². The van der Waals surface area contributed by atoms with Crippen molar-refractivity contribution in [3.05, 3.63) is 23.8 Å². The minimum Gasteiger partial charge on any atom is -0.383 e. The van der Waals surface area contributed by atoms with E-state index in [2.05, 4.69) is 46.4 Å². The van der Waals surface area contributed by atoms with Crippen molar-refractivity contribution < 1.29 is 9.53 Å². The smallest absolute Gasteiger partial charge is 0.321 e. The Morgan fingerprint density at radius 1 is 1.36 bits per heavy atom. The van der Waals surface area contributed by atoms with Crippen molar-refractivity contribution in [1.29, 1.82) is 0 Å². The number of aromatic nitrogens is 3. The Bertz CT molecular complexity index is 739. The van der Waals surface area contributed by atoms with Gasteiger partial charge in [0.1, 0.15) is 5.82 Å². The summed E-state index contributed by atoms with van der Waals surface area (Å²) in [4.78, 5) is 26.4. The summed E-state index contributed by atoms with van der Waals surface area (Å²) in [6, 6.07) is 1.48. The van der Waals surface area contributed by atoms with Crippen LogP contribution in [0.15, 0.2) is 12.3 Å². The van der Waals surface area contributed by atoms with Crippen LogP contribution in [0.4, 0.5) is 9.93 Å². The lowest BCUT2D eigenvalue weighted by Crippen LogP contribution is -2.38. The number of anilines is 1. The number of nitrogens with one attached hydrogen (secondary N) is 2. The average molecular weight is 363 g/mol. The molecule has 0 spiro atoms. The van der Waals surface area contributed by atoms with Gasteiger partial charge >= 0.3 is 6.03 Å². The molecule has 0 saturated heterocycles. The van der Waals surface area contributed by atoms with Crippen LogP contribution in [0.5, 0.6) is 0 Å². The molecule has 0 saturated carbocycles. The van der Waals surface area contributed by atoms with Crippen LogP contribution in [-0.2, 0) is 10.2 Å². The summed E-state index contributed by atoms with van der Waals surface area (Å²) in [7, 11) is 1.60. The number of urea groups is 1. The molecule has 0 aromatic carbocycles. The van der Waals surface area contributed by atoms with E-state index in [4.69, 9.17) is 4.74 Å². The fraction of sp³-hybridized carbons (Fsp3) is 0.529. The average Bonchev–Trinajstić information content (AvgIpc) is 2.87. The molecule has 2 rings (SSSR count). The second-order valence-electron chi connectivity index (χ2n) is 6.90. The van der Waals surface area contributed by atoms with Crippen molar-refractivity contribution in [3.63, 3.8) is 0 Å². The van der Waals surface area contributed by atoms with Gasteiger partial charge in [0.15, 0.2) is 5.13 Å². The maximum atomic E-state index is 12.0. The molecule has 2 aromatic heterocycles. The Morgan fingerprint density at radius 3 is 2.72 bits per heavy atom. The van der Waals surface area contributed by atoms with Crippen LogP contribution in [0.2, 0.25) is 0 Å². The van der Waals surface area contributed by atoms with Crippen molar-refractivity contribution in [2.75, 3.05) is 19.0 Å². The van der Waals surface area contributed by atoms with Crippen LogP contribution >= 0.6 is 11.3 Å². The largest absolute Gasteiger partial charge is 0.383 e. The third kappa shape index (κ3) is 5.20. The molecule has 136 valence electrons. The number of amides is 2. The highest BCUT2D eigenvalue weighted by Crippen LogP contribution is 2.32. The summed E-state index contributed by atoms with van der Waals surface area (Å²) >= 11 is 1.40. The van der Waals surface area contributed by atoms with E-state index in [1.165, 1.54) is 11.3 Å². The number of carbonyl (C=O) groups excluding carboxylic acids is 1. The van der Waals surface area contributed by atoms with Crippen LogP contribution in [0.1, 0.15) is 39.2 Å². The zero-order valence-corrected chi connectivity index (χ0v) is 16.3. The van der Waals surface area contributed by atoms with Crippen molar-refractivity contribution >= 4 is 22.5 Å². The summed E-state index contributed by atoms with van der Waals surface area (Å²) in [5.41, 5.74) is 1.51. The first-order valence-corrected chi connectivity index (χ1v) is 8.90. The molecule has 7 nitrogen and oxygen atoms in total. The number of aryl methyl sites for hydroxylation is 1. The van der Waals surface area contributed by atoms with Gasteiger partial charge < -0.3 is 10.1 Å². The fourth-order valence-electron chi connectivity index (χ4n) is 2.18. The van der Waals surface area contributed by atoms with Gasteiger partial charge in [-0.25, -0.2) is 19.7 Å². The maximum absolute atomic E-state index is 12.0. The number of carbonyl (C=O) groups is 1. The summed E-state index contributed by atoms with van der Waals surface area (Å²) < 4.78 is 5.00. The quantitative estimate of drug-likeness (QED) is 0.850. The van der Waals surface area contributed by atoms with Crippen LogP contribution < -0.4 is 10.6 Å². The molecule has 0 bridgehead atoms. The van der Waals surface area contributed by atoms with Gasteiger partial charge in [0.05, 0.1) is 28.9 Å². The Morgan fingerprint density at radius 2 is 2.08 bits per heavy atom. The third-order valence-electron chi connectivity index (χ3n) is 3.37. The van der Waals surface area contributed by atoms with Crippen LogP contribution in [0, 0.1) is 6.92 Å². The van der Waals surface area contributed by atoms with Crippen molar-refractivity contribution in [2.24, 2.45) is 0 Å². The molecule has 2 amide bonds. The van der Waals surface area contributed by atoms with Gasteiger partial charge in [-0.05, 0) is 19.9 Å². The number of hydrogen-bond donors (Lipinski definition) is 2. The number of nitrogens with zero attached hydrogens (tertiary/aromatic N) is 3. The van der Waals surface area contributed by atoms with Gasteiger partial charge in [-0.3, -0.25) is 5.32 Å². The fourth-order valence-corrected chi connectivity index (χ4v) is 3.11. The Hall–Kier alpha value is -2.06. The predicted molar refractivity (Wildman–Crippen MR) is 100 cm³/mol. The first kappa shape index (κ1) is 19.3. The third-order valence-corrected chi connectivity index (χ3v) is 4.47. The van der Waals surface area contributed by atoms with E-state index in [1.807, 2.05) is 19.9 Å². The number of hydrogen-bond acceptors (Lipinski definition) is 6. The second-order valence-corrected chi connectivity index (χ2v) is 7.90. The molecule has 0 radical (unpaired) electrons. The zero-order chi connectivity index (χ0) is 18.6. The first-order valence-electron chi connectivity index (χ1n) is 8.08. The van der Waals surface area contributed by atoms with E-state index in [0.29, 0.717) is 11.7 Å². The molecule has 1 unspecified atom stereocenters. The van der Waals surface area contributed by atoms with E-state index in [1.54, 1.807) is 13.3 Å². The summed E-state index contributed by atoms with van der Waals surface area (Å²) in [5, 5.41) is 6.09. The Kier molecular flexibility index (Phi) is 6.07. The van der Waals surface area contributed by atoms with Crippen LogP contribution in [-0.4, -0.2) is 40.7 Å². The monoisotopic (exact) mass is 363 g/mol. The molecule has 0 fully saturated rings. The van der Waals surface area contributed by atoms with E-state index in [9.17, 15) is 4.79 Å². The van der Waals surface area contributed by atoms with Gasteiger partial charge in [-0.1, -0.05) is 32.1 Å². The number of rotatable bonds is 5. The second kappa shape index (κ2) is 7.88. The lowest BCUT2D eigenvalue weighted by Gasteiger charge is -2.16. The lowest BCUT2D eigenvalue weighted by molar-refractivity contribution is 0.173. The van der Waals surface area contributed by atoms with Gasteiger partial charge in [-0.15, -0.1) is 0 Å². The number of thiazole rings is 1. The molecule has 0 aliphatic carbocycles. The van der Waals surface area contributed by atoms with E-state index < -0.39 is 0 Å². The standard InChI is InChI=1S/C17H25N5O2S/c1-10(9-24-6)19-15(23)22-16-20-11(2)13(25-16)12-7-8-18-14(21-12)17(3,4)5/h7-8,10H,9H2,1-6H3,(H2,19,20,22,23). The maximum Gasteiger partial charge on any atom is 0.321 e. The van der Waals surface area contributed by atoms with Crippen LogP contribution in [0.3, 0.4) is 0 Å². The van der Waals surface area contributed by atoms with Crippen molar-refractivity contribution in [2.45, 2.75) is 46.1 Å². The SMILES string of the molecule is COCC(C)NC(=O)Nc1nc(C)c(-c2ccnc(C(C)(C)C)n2)s1. The molecule has 25 heavy (non-hydrogen) atoms. The van der Waals surface area contributed by atoms with Crippen LogP contribution in [0.25, 0.3) is 10.6 Å². The minimum absolute atomic E-state index is 0.0817. The zero-order valence-electron chi connectivity index (χ0n) is 15.5. The van der Waals surface area contributed by atoms with Gasteiger partial charge in [0, 0.05) is 18.7 Å². The highest BCUT2D eigenvalue weighted by molar-refractivity contribution is 7.19. The minimum atomic E-state index is -0.303.